The quantitative estimate of drug-likeness (QED) is 0.677. The third-order valence-corrected chi connectivity index (χ3v) is 3.98. The van der Waals surface area contributed by atoms with Gasteiger partial charge in [0.25, 0.3) is 0 Å². The number of likely N-dealkylation sites (N-methyl/N-ethyl adjacent to an activating group) is 1. The maximum Gasteiger partial charge on any atom is 0.226 e. The van der Waals surface area contributed by atoms with Crippen molar-refractivity contribution in [1.82, 2.24) is 15.6 Å². The number of carbonyl (C=O) groups excluding carboxylic acids is 1. The average Bonchev–Trinajstić information content (AvgIpc) is 2.93. The fraction of sp³-hybridized carbons (Fsp3) is 0.375. The molecular formula is C16H22Cl2FN3OS. The number of thiazole rings is 1. The molecule has 1 aromatic carbocycles. The molecule has 1 heterocycles. The van der Waals surface area contributed by atoms with E-state index in [4.69, 9.17) is 0 Å². The second kappa shape index (κ2) is 12.2. The summed E-state index contributed by atoms with van der Waals surface area (Å²) in [6.07, 6.45) is 0.957. The van der Waals surface area contributed by atoms with Gasteiger partial charge in [-0.05, 0) is 24.2 Å². The van der Waals surface area contributed by atoms with Crippen LogP contribution in [-0.2, 0) is 17.6 Å². The van der Waals surface area contributed by atoms with Crippen molar-refractivity contribution in [3.8, 4) is 0 Å². The maximum absolute atomic E-state index is 12.9. The SMILES string of the molecule is CCNCCNC(=O)Cc1csc(Cc2ccc(F)cc2)n1.Cl.Cl. The Labute approximate surface area is 158 Å². The van der Waals surface area contributed by atoms with Gasteiger partial charge in [-0.3, -0.25) is 4.79 Å². The number of rotatable bonds is 8. The normalized spacial score (nSPS) is 9.75. The molecule has 0 unspecified atom stereocenters. The molecule has 0 aliphatic carbocycles. The van der Waals surface area contributed by atoms with E-state index < -0.39 is 0 Å². The largest absolute Gasteiger partial charge is 0.354 e. The van der Waals surface area contributed by atoms with Crippen molar-refractivity contribution in [2.75, 3.05) is 19.6 Å². The summed E-state index contributed by atoms with van der Waals surface area (Å²) in [5, 5.41) is 8.84. The van der Waals surface area contributed by atoms with E-state index in [9.17, 15) is 9.18 Å². The van der Waals surface area contributed by atoms with Gasteiger partial charge >= 0.3 is 0 Å². The summed E-state index contributed by atoms with van der Waals surface area (Å²) < 4.78 is 12.9. The fourth-order valence-electron chi connectivity index (χ4n) is 1.98. The Morgan fingerprint density at radius 3 is 2.58 bits per heavy atom. The van der Waals surface area contributed by atoms with Gasteiger partial charge in [-0.1, -0.05) is 19.1 Å². The van der Waals surface area contributed by atoms with E-state index in [-0.39, 0.29) is 36.5 Å². The first-order chi connectivity index (χ1) is 10.7. The summed E-state index contributed by atoms with van der Waals surface area (Å²) >= 11 is 1.53. The summed E-state index contributed by atoms with van der Waals surface area (Å²) in [6.45, 7) is 4.32. The van der Waals surface area contributed by atoms with E-state index in [2.05, 4.69) is 15.6 Å². The average molecular weight is 394 g/mol. The smallest absolute Gasteiger partial charge is 0.226 e. The highest BCUT2D eigenvalue weighted by molar-refractivity contribution is 7.09. The van der Waals surface area contributed by atoms with Crippen molar-refractivity contribution in [2.24, 2.45) is 0 Å². The number of nitrogens with one attached hydrogen (secondary N) is 2. The summed E-state index contributed by atoms with van der Waals surface area (Å²) in [5.74, 6) is -0.255. The van der Waals surface area contributed by atoms with E-state index in [0.717, 1.165) is 29.4 Å². The van der Waals surface area contributed by atoms with Crippen molar-refractivity contribution >= 4 is 42.1 Å². The summed E-state index contributed by atoms with van der Waals surface area (Å²) in [7, 11) is 0. The number of hydrogen-bond acceptors (Lipinski definition) is 4. The van der Waals surface area contributed by atoms with E-state index in [1.54, 1.807) is 12.1 Å². The van der Waals surface area contributed by atoms with Gasteiger partial charge in [-0.15, -0.1) is 36.2 Å². The maximum atomic E-state index is 12.9. The Morgan fingerprint density at radius 1 is 1.21 bits per heavy atom. The van der Waals surface area contributed by atoms with Crippen LogP contribution < -0.4 is 10.6 Å². The molecule has 0 bridgehead atoms. The Kier molecular flexibility index (Phi) is 11.6. The van der Waals surface area contributed by atoms with Crippen LogP contribution >= 0.6 is 36.2 Å². The van der Waals surface area contributed by atoms with E-state index >= 15 is 0 Å². The van der Waals surface area contributed by atoms with Gasteiger partial charge < -0.3 is 10.6 Å². The Bertz CT molecular complexity index is 608. The molecule has 0 saturated carbocycles. The highest BCUT2D eigenvalue weighted by atomic mass is 35.5. The van der Waals surface area contributed by atoms with Gasteiger partial charge in [0.1, 0.15) is 5.82 Å². The van der Waals surface area contributed by atoms with Crippen molar-refractivity contribution < 1.29 is 9.18 Å². The van der Waals surface area contributed by atoms with Crippen LogP contribution in [0, 0.1) is 5.82 Å². The van der Waals surface area contributed by atoms with Crippen molar-refractivity contribution in [1.29, 1.82) is 0 Å². The molecule has 0 fully saturated rings. The van der Waals surface area contributed by atoms with Crippen LogP contribution in [-0.4, -0.2) is 30.5 Å². The number of hydrogen-bond donors (Lipinski definition) is 2. The number of aromatic nitrogens is 1. The molecule has 0 aliphatic rings. The molecule has 0 spiro atoms. The zero-order chi connectivity index (χ0) is 15.8. The zero-order valence-electron chi connectivity index (χ0n) is 13.4. The fourth-order valence-corrected chi connectivity index (χ4v) is 2.81. The third-order valence-electron chi connectivity index (χ3n) is 3.08. The Balaban J connectivity index is 0.00000264. The summed E-state index contributed by atoms with van der Waals surface area (Å²) in [6, 6.07) is 6.40. The minimum absolute atomic E-state index is 0. The minimum Gasteiger partial charge on any atom is -0.354 e. The van der Waals surface area contributed by atoms with Crippen LogP contribution in [0.4, 0.5) is 4.39 Å². The van der Waals surface area contributed by atoms with Gasteiger partial charge in [0.2, 0.25) is 5.91 Å². The molecule has 2 rings (SSSR count). The van der Waals surface area contributed by atoms with Crippen LogP contribution in [0.2, 0.25) is 0 Å². The molecule has 4 nitrogen and oxygen atoms in total. The first-order valence-electron chi connectivity index (χ1n) is 7.32. The lowest BCUT2D eigenvalue weighted by molar-refractivity contribution is -0.120. The van der Waals surface area contributed by atoms with Crippen molar-refractivity contribution in [3.05, 3.63) is 51.7 Å². The first-order valence-corrected chi connectivity index (χ1v) is 8.20. The third kappa shape index (κ3) is 8.06. The lowest BCUT2D eigenvalue weighted by Crippen LogP contribution is -2.32. The van der Waals surface area contributed by atoms with Crippen LogP contribution in [0.1, 0.15) is 23.2 Å². The van der Waals surface area contributed by atoms with E-state index in [1.165, 1.54) is 23.5 Å². The molecular weight excluding hydrogens is 372 g/mol. The van der Waals surface area contributed by atoms with Crippen LogP contribution in [0.15, 0.2) is 29.6 Å². The molecule has 0 atom stereocenters. The molecule has 0 radical (unpaired) electrons. The van der Waals surface area contributed by atoms with Crippen molar-refractivity contribution in [2.45, 2.75) is 19.8 Å². The van der Waals surface area contributed by atoms with E-state index in [1.807, 2.05) is 12.3 Å². The molecule has 2 aromatic rings. The number of carbonyl (C=O) groups is 1. The lowest BCUT2D eigenvalue weighted by atomic mass is 10.1. The highest BCUT2D eigenvalue weighted by Gasteiger charge is 2.08. The number of benzene rings is 1. The summed E-state index contributed by atoms with van der Waals surface area (Å²) in [4.78, 5) is 16.2. The van der Waals surface area contributed by atoms with E-state index in [0.29, 0.717) is 19.4 Å². The molecule has 24 heavy (non-hydrogen) atoms. The molecule has 0 saturated heterocycles. The number of halogens is 3. The Hall–Kier alpha value is -1.21. The van der Waals surface area contributed by atoms with Gasteiger partial charge in [0.05, 0.1) is 17.1 Å². The zero-order valence-corrected chi connectivity index (χ0v) is 15.8. The van der Waals surface area contributed by atoms with Gasteiger partial charge in [-0.2, -0.15) is 0 Å². The number of nitrogens with zero attached hydrogens (tertiary/aromatic N) is 1. The molecule has 2 N–H and O–H groups in total. The number of amides is 1. The van der Waals surface area contributed by atoms with Gasteiger partial charge in [-0.25, -0.2) is 9.37 Å². The minimum atomic E-state index is -0.238. The van der Waals surface area contributed by atoms with Gasteiger partial charge in [0, 0.05) is 24.9 Å². The standard InChI is InChI=1S/C16H20FN3OS.2ClH/c1-2-18-7-8-19-15(21)10-14-11-22-16(20-14)9-12-3-5-13(17)6-4-12;;/h3-6,11,18H,2,7-10H2,1H3,(H,19,21);2*1H. The molecule has 1 aromatic heterocycles. The van der Waals surface area contributed by atoms with Gasteiger partial charge in [0.15, 0.2) is 0 Å². The molecule has 1 amide bonds. The first kappa shape index (κ1) is 22.8. The topological polar surface area (TPSA) is 54.0 Å². The monoisotopic (exact) mass is 393 g/mol. The van der Waals surface area contributed by atoms with Crippen LogP contribution in [0.25, 0.3) is 0 Å². The van der Waals surface area contributed by atoms with Crippen LogP contribution in [0.3, 0.4) is 0 Å². The lowest BCUT2D eigenvalue weighted by Gasteiger charge is -2.04. The second-order valence-electron chi connectivity index (χ2n) is 4.92. The predicted octanol–water partition coefficient (Wildman–Crippen LogP) is 2.98. The highest BCUT2D eigenvalue weighted by Crippen LogP contribution is 2.15. The Morgan fingerprint density at radius 2 is 1.92 bits per heavy atom. The molecule has 8 heteroatoms. The van der Waals surface area contributed by atoms with Crippen molar-refractivity contribution in [3.63, 3.8) is 0 Å². The second-order valence-corrected chi connectivity index (χ2v) is 5.86. The van der Waals surface area contributed by atoms with Crippen LogP contribution in [0.5, 0.6) is 0 Å². The molecule has 134 valence electrons. The predicted molar refractivity (Wildman–Crippen MR) is 101 cm³/mol. The summed E-state index contributed by atoms with van der Waals surface area (Å²) in [5.41, 5.74) is 1.79. The molecule has 0 aliphatic heterocycles.